The molecule has 0 atom stereocenters. The van der Waals surface area contributed by atoms with Crippen LogP contribution in [0, 0.1) is 5.41 Å². The number of benzene rings is 2. The number of nitrogens with one attached hydrogen (secondary N) is 2. The van der Waals surface area contributed by atoms with E-state index < -0.39 is 5.91 Å². The summed E-state index contributed by atoms with van der Waals surface area (Å²) >= 11 is 0. The van der Waals surface area contributed by atoms with E-state index in [2.05, 4.69) is 26.3 Å². The third kappa shape index (κ3) is 6.73. The summed E-state index contributed by atoms with van der Waals surface area (Å²) < 4.78 is 0. The van der Waals surface area contributed by atoms with E-state index in [0.717, 1.165) is 60.4 Å². The Balaban J connectivity index is 1.26. The van der Waals surface area contributed by atoms with Gasteiger partial charge in [-0.1, -0.05) is 36.4 Å². The van der Waals surface area contributed by atoms with Crippen LogP contribution in [0.1, 0.15) is 35.2 Å². The fourth-order valence-electron chi connectivity index (χ4n) is 4.74. The highest BCUT2D eigenvalue weighted by Crippen LogP contribution is 2.26. The average molecular weight is 521 g/mol. The lowest BCUT2D eigenvalue weighted by Crippen LogP contribution is -2.35. The molecule has 198 valence electrons. The molecule has 0 unspecified atom stereocenters. The molecule has 0 radical (unpaired) electrons. The van der Waals surface area contributed by atoms with Gasteiger partial charge >= 0.3 is 0 Å². The van der Waals surface area contributed by atoms with Gasteiger partial charge in [0.25, 0.3) is 5.91 Å². The topological polar surface area (TPSA) is 128 Å². The predicted molar refractivity (Wildman–Crippen MR) is 154 cm³/mol. The van der Waals surface area contributed by atoms with E-state index in [0.29, 0.717) is 23.4 Å². The van der Waals surface area contributed by atoms with Gasteiger partial charge in [0.2, 0.25) is 0 Å². The quantitative estimate of drug-likeness (QED) is 0.203. The van der Waals surface area contributed by atoms with Gasteiger partial charge in [-0.2, -0.15) is 0 Å². The van der Waals surface area contributed by atoms with Crippen molar-refractivity contribution in [3.05, 3.63) is 108 Å². The van der Waals surface area contributed by atoms with Gasteiger partial charge in [0.05, 0.1) is 18.0 Å². The van der Waals surface area contributed by atoms with Crippen molar-refractivity contribution in [1.29, 1.82) is 5.41 Å². The molecule has 0 aliphatic carbocycles. The maximum absolute atomic E-state index is 12.9. The van der Waals surface area contributed by atoms with Crippen LogP contribution < -0.4 is 11.1 Å². The molecule has 1 fully saturated rings. The van der Waals surface area contributed by atoms with Crippen molar-refractivity contribution >= 4 is 23.0 Å². The van der Waals surface area contributed by atoms with E-state index in [1.54, 1.807) is 30.6 Å². The first kappa shape index (κ1) is 26.2. The van der Waals surface area contributed by atoms with Gasteiger partial charge in [0.15, 0.2) is 0 Å². The number of pyridine rings is 2. The lowest BCUT2D eigenvalue weighted by Gasteiger charge is -2.29. The van der Waals surface area contributed by atoms with E-state index in [-0.39, 0.29) is 11.8 Å². The summed E-state index contributed by atoms with van der Waals surface area (Å²) in [6.07, 6.45) is 7.28. The highest BCUT2D eigenvalue weighted by atomic mass is 16.3. The molecule has 2 aromatic heterocycles. The van der Waals surface area contributed by atoms with Crippen molar-refractivity contribution in [2.75, 3.05) is 24.1 Å². The van der Waals surface area contributed by atoms with Crippen molar-refractivity contribution in [2.24, 2.45) is 0 Å². The molecule has 0 spiro atoms. The maximum Gasteiger partial charge on any atom is 0.274 e. The molecule has 5 rings (SSSR count). The van der Waals surface area contributed by atoms with E-state index in [1.807, 2.05) is 48.7 Å². The molecule has 39 heavy (non-hydrogen) atoms. The molecule has 8 heteroatoms. The Morgan fingerprint density at radius 3 is 2.51 bits per heavy atom. The number of piperidine rings is 1. The Kier molecular flexibility index (Phi) is 8.05. The molecular formula is C31H32N6O2. The van der Waals surface area contributed by atoms with Crippen LogP contribution in [0.5, 0.6) is 0 Å². The highest BCUT2D eigenvalue weighted by molar-refractivity contribution is 6.48. The molecule has 0 saturated carbocycles. The van der Waals surface area contributed by atoms with Crippen LogP contribution in [0.2, 0.25) is 0 Å². The highest BCUT2D eigenvalue weighted by Gasteiger charge is 2.19. The molecule has 1 aliphatic rings. The second-order valence-electron chi connectivity index (χ2n) is 9.92. The molecule has 4 aromatic rings. The number of nitrogen functional groups attached to an aromatic ring is 1. The minimum Gasteiger partial charge on any atom is -0.398 e. The molecule has 2 aromatic carbocycles. The third-order valence-corrected chi connectivity index (χ3v) is 6.95. The van der Waals surface area contributed by atoms with Crippen molar-refractivity contribution in [3.63, 3.8) is 0 Å². The SMILES string of the molecule is N=C(C(=O)Nc1ccc(Cc2ccccc2)nc1)c1cc(-c2cncc(CN3CCC(O)CC3)c2)ccc1N. The minimum absolute atomic E-state index is 0.207. The largest absolute Gasteiger partial charge is 0.398 e. The number of hydrogen-bond donors (Lipinski definition) is 4. The van der Waals surface area contributed by atoms with Crippen LogP contribution in [-0.2, 0) is 17.8 Å². The third-order valence-electron chi connectivity index (χ3n) is 6.95. The number of anilines is 2. The van der Waals surface area contributed by atoms with Crippen LogP contribution in [0.3, 0.4) is 0 Å². The van der Waals surface area contributed by atoms with Gasteiger partial charge < -0.3 is 16.2 Å². The Labute approximate surface area is 228 Å². The molecular weight excluding hydrogens is 488 g/mol. The van der Waals surface area contributed by atoms with E-state index in [4.69, 9.17) is 11.1 Å². The zero-order valence-corrected chi connectivity index (χ0v) is 21.7. The Hall–Kier alpha value is -4.40. The molecule has 0 bridgehead atoms. The normalized spacial score (nSPS) is 14.2. The van der Waals surface area contributed by atoms with Crippen LogP contribution in [0.15, 0.2) is 85.3 Å². The molecule has 3 heterocycles. The van der Waals surface area contributed by atoms with Crippen LogP contribution in [0.25, 0.3) is 11.1 Å². The standard InChI is InChI=1S/C31H32N6O2/c32-29-9-6-23(24-14-22(17-34-18-24)20-37-12-10-27(38)11-13-37)16-28(29)30(33)31(39)36-26-8-7-25(35-19-26)15-21-4-2-1-3-5-21/h1-9,14,16-19,27,33,38H,10-13,15,20,32H2,(H,36,39). The van der Waals surface area contributed by atoms with Crippen LogP contribution in [-0.4, -0.2) is 50.8 Å². The number of nitrogens with two attached hydrogens (primary N) is 1. The van der Waals surface area contributed by atoms with Gasteiger partial charge in [-0.25, -0.2) is 0 Å². The van der Waals surface area contributed by atoms with E-state index in [1.165, 1.54) is 0 Å². The number of likely N-dealkylation sites (tertiary alicyclic amines) is 1. The van der Waals surface area contributed by atoms with Crippen molar-refractivity contribution in [3.8, 4) is 11.1 Å². The summed E-state index contributed by atoms with van der Waals surface area (Å²) in [6.45, 7) is 2.47. The fraction of sp³-hybridized carbons (Fsp3) is 0.226. The second-order valence-corrected chi connectivity index (χ2v) is 9.92. The second kappa shape index (κ2) is 12.0. The minimum atomic E-state index is -0.560. The molecule has 1 aliphatic heterocycles. The number of aromatic nitrogens is 2. The summed E-state index contributed by atoms with van der Waals surface area (Å²) in [5, 5.41) is 21.1. The first-order valence-electron chi connectivity index (χ1n) is 13.1. The van der Waals surface area contributed by atoms with Gasteiger partial charge in [-0.15, -0.1) is 0 Å². The number of aliphatic hydroxyl groups is 1. The zero-order chi connectivity index (χ0) is 27.2. The summed E-state index contributed by atoms with van der Waals surface area (Å²) in [6, 6.07) is 21.1. The Bertz CT molecular complexity index is 1450. The Morgan fingerprint density at radius 1 is 0.974 bits per heavy atom. The number of carbonyl (C=O) groups is 1. The number of hydrogen-bond acceptors (Lipinski definition) is 7. The van der Waals surface area contributed by atoms with Crippen LogP contribution in [0.4, 0.5) is 11.4 Å². The van der Waals surface area contributed by atoms with E-state index >= 15 is 0 Å². The number of aliphatic hydroxyl groups excluding tert-OH is 1. The monoisotopic (exact) mass is 520 g/mol. The summed E-state index contributed by atoms with van der Waals surface area (Å²) in [5.74, 6) is -0.560. The van der Waals surface area contributed by atoms with Crippen molar-refractivity contribution < 1.29 is 9.90 Å². The lowest BCUT2D eigenvalue weighted by atomic mass is 9.99. The van der Waals surface area contributed by atoms with Crippen molar-refractivity contribution in [1.82, 2.24) is 14.9 Å². The number of nitrogens with zero attached hydrogens (tertiary/aromatic N) is 3. The molecule has 8 nitrogen and oxygen atoms in total. The summed E-state index contributed by atoms with van der Waals surface area (Å²) in [4.78, 5) is 24.1. The Morgan fingerprint density at radius 2 is 1.77 bits per heavy atom. The average Bonchev–Trinajstić information content (AvgIpc) is 2.96. The summed E-state index contributed by atoms with van der Waals surface area (Å²) in [7, 11) is 0. The number of carbonyl (C=O) groups excluding carboxylic acids is 1. The number of rotatable bonds is 8. The number of amides is 1. The predicted octanol–water partition coefficient (Wildman–Crippen LogP) is 4.28. The molecule has 5 N–H and O–H groups in total. The lowest BCUT2D eigenvalue weighted by molar-refractivity contribution is -0.110. The summed E-state index contributed by atoms with van der Waals surface area (Å²) in [5.41, 5.74) is 12.0. The maximum atomic E-state index is 12.9. The van der Waals surface area contributed by atoms with E-state index in [9.17, 15) is 9.90 Å². The fourth-order valence-corrected chi connectivity index (χ4v) is 4.74. The van der Waals surface area contributed by atoms with Gasteiger partial charge in [-0.05, 0) is 59.9 Å². The van der Waals surface area contributed by atoms with Gasteiger partial charge in [0.1, 0.15) is 5.71 Å². The first-order chi connectivity index (χ1) is 18.9. The zero-order valence-electron chi connectivity index (χ0n) is 21.7. The molecule has 1 amide bonds. The molecule has 1 saturated heterocycles. The smallest absolute Gasteiger partial charge is 0.274 e. The first-order valence-corrected chi connectivity index (χ1v) is 13.1. The van der Waals surface area contributed by atoms with Crippen molar-refractivity contribution in [2.45, 2.75) is 31.9 Å². The van der Waals surface area contributed by atoms with Crippen LogP contribution >= 0.6 is 0 Å². The van der Waals surface area contributed by atoms with Gasteiger partial charge in [-0.3, -0.25) is 25.1 Å². The van der Waals surface area contributed by atoms with Gasteiger partial charge in [0, 0.05) is 61.0 Å².